The van der Waals surface area contributed by atoms with Crippen LogP contribution in [-0.2, 0) is 0 Å². The second-order valence-electron chi connectivity index (χ2n) is 8.96. The maximum absolute atomic E-state index is 12.8. The fourth-order valence-corrected chi connectivity index (χ4v) is 4.34. The Kier molecular flexibility index (Phi) is 6.87. The molecule has 188 valence electrons. The zero-order valence-electron chi connectivity index (χ0n) is 20.5. The van der Waals surface area contributed by atoms with Crippen LogP contribution in [-0.4, -0.2) is 65.4 Å². The summed E-state index contributed by atoms with van der Waals surface area (Å²) in [5.41, 5.74) is 4.18. The second kappa shape index (κ2) is 10.5. The van der Waals surface area contributed by atoms with Crippen LogP contribution in [0.4, 0.5) is 27.7 Å². The zero-order valence-corrected chi connectivity index (χ0v) is 20.5. The molecule has 2 heterocycles. The molecule has 3 aromatic carbocycles. The highest BCUT2D eigenvalue weighted by molar-refractivity contribution is 6.04. The Morgan fingerprint density at radius 2 is 1.54 bits per heavy atom. The smallest absolute Gasteiger partial charge is 0.416 e. The van der Waals surface area contributed by atoms with Crippen LogP contribution < -0.4 is 15.1 Å². The number of amides is 2. The Morgan fingerprint density at radius 1 is 0.892 bits per heavy atom. The number of likely N-dealkylation sites (N-methyl/N-ethyl adjacent to an activating group) is 1. The summed E-state index contributed by atoms with van der Waals surface area (Å²) in [7, 11) is 2.12. The van der Waals surface area contributed by atoms with Crippen molar-refractivity contribution >= 4 is 34.9 Å². The third-order valence-corrected chi connectivity index (χ3v) is 6.45. The molecule has 0 aliphatic carbocycles. The normalized spacial score (nSPS) is 13.8. The van der Waals surface area contributed by atoms with E-state index in [9.17, 15) is 14.7 Å². The van der Waals surface area contributed by atoms with Gasteiger partial charge in [-0.2, -0.15) is 5.10 Å². The number of nitrogens with one attached hydrogen (secondary N) is 2. The fraction of sp³-hybridized carbons (Fsp3) is 0.179. The number of aromatic nitrogens is 2. The van der Waals surface area contributed by atoms with Gasteiger partial charge in [0.2, 0.25) is 0 Å². The van der Waals surface area contributed by atoms with Crippen molar-refractivity contribution in [2.24, 2.45) is 0 Å². The van der Waals surface area contributed by atoms with E-state index >= 15 is 0 Å². The van der Waals surface area contributed by atoms with Crippen LogP contribution in [0, 0.1) is 0 Å². The highest BCUT2D eigenvalue weighted by Gasteiger charge is 2.18. The lowest BCUT2D eigenvalue weighted by molar-refractivity contribution is 0.102. The maximum atomic E-state index is 12.8. The third-order valence-electron chi connectivity index (χ3n) is 6.45. The monoisotopic (exact) mass is 496 g/mol. The molecule has 0 unspecified atom stereocenters. The summed E-state index contributed by atoms with van der Waals surface area (Å²) in [5.74, 6) is 0.249. The van der Waals surface area contributed by atoms with E-state index in [0.29, 0.717) is 28.5 Å². The van der Waals surface area contributed by atoms with Gasteiger partial charge in [-0.25, -0.2) is 9.69 Å². The third kappa shape index (κ3) is 5.46. The van der Waals surface area contributed by atoms with Crippen molar-refractivity contribution in [3.63, 3.8) is 0 Å². The molecule has 9 heteroatoms. The van der Waals surface area contributed by atoms with E-state index in [-0.39, 0.29) is 5.91 Å². The average Bonchev–Trinajstić information content (AvgIpc) is 3.38. The van der Waals surface area contributed by atoms with Crippen molar-refractivity contribution < 1.29 is 14.7 Å². The van der Waals surface area contributed by atoms with Gasteiger partial charge in [0.15, 0.2) is 0 Å². The van der Waals surface area contributed by atoms with Crippen molar-refractivity contribution in [3.8, 4) is 11.3 Å². The fourth-order valence-electron chi connectivity index (χ4n) is 4.34. The van der Waals surface area contributed by atoms with Crippen molar-refractivity contribution in [2.75, 3.05) is 48.3 Å². The number of aromatic amines is 1. The summed E-state index contributed by atoms with van der Waals surface area (Å²) < 4.78 is 0. The Balaban J connectivity index is 1.24. The van der Waals surface area contributed by atoms with Gasteiger partial charge < -0.3 is 20.2 Å². The number of hydrogen-bond donors (Lipinski definition) is 3. The SMILES string of the molecule is CN1CCN(c2ccc(C(=O)Nc3cc(-c4ccc(N(C(=O)O)c5ccccc5)cc4)n[nH]3)cc2)CC1. The summed E-state index contributed by atoms with van der Waals surface area (Å²) in [5, 5.41) is 19.7. The van der Waals surface area contributed by atoms with Gasteiger partial charge >= 0.3 is 6.09 Å². The minimum atomic E-state index is -1.07. The van der Waals surface area contributed by atoms with Gasteiger partial charge in [0.1, 0.15) is 5.82 Å². The number of rotatable bonds is 6. The number of hydrogen-bond acceptors (Lipinski definition) is 5. The van der Waals surface area contributed by atoms with Crippen LogP contribution in [0.3, 0.4) is 0 Å². The summed E-state index contributed by atoms with van der Waals surface area (Å²) in [4.78, 5) is 30.5. The molecule has 1 aliphatic heterocycles. The maximum Gasteiger partial charge on any atom is 0.416 e. The summed E-state index contributed by atoms with van der Waals surface area (Å²) in [6.07, 6.45) is -1.07. The molecular weight excluding hydrogens is 468 g/mol. The van der Waals surface area contributed by atoms with Crippen LogP contribution in [0.2, 0.25) is 0 Å². The quantitative estimate of drug-likeness (QED) is 0.351. The number of anilines is 4. The van der Waals surface area contributed by atoms with E-state index in [4.69, 9.17) is 0 Å². The first-order valence-corrected chi connectivity index (χ1v) is 12.1. The minimum Gasteiger partial charge on any atom is -0.464 e. The molecule has 0 bridgehead atoms. The molecule has 0 saturated carbocycles. The van der Waals surface area contributed by atoms with Crippen molar-refractivity contribution in [3.05, 3.63) is 90.5 Å². The predicted octanol–water partition coefficient (Wildman–Crippen LogP) is 4.90. The molecule has 9 nitrogen and oxygen atoms in total. The average molecular weight is 497 g/mol. The lowest BCUT2D eigenvalue weighted by Crippen LogP contribution is -2.44. The number of carboxylic acid groups (broad SMARTS) is 1. The summed E-state index contributed by atoms with van der Waals surface area (Å²) in [6.45, 7) is 4.00. The van der Waals surface area contributed by atoms with E-state index in [1.165, 1.54) is 4.90 Å². The first kappa shape index (κ1) is 24.1. The van der Waals surface area contributed by atoms with Crippen molar-refractivity contribution in [1.82, 2.24) is 15.1 Å². The van der Waals surface area contributed by atoms with Gasteiger partial charge in [-0.3, -0.25) is 9.89 Å². The van der Waals surface area contributed by atoms with Crippen LogP contribution in [0.25, 0.3) is 11.3 Å². The molecule has 3 N–H and O–H groups in total. The Labute approximate surface area is 214 Å². The molecule has 0 spiro atoms. The lowest BCUT2D eigenvalue weighted by Gasteiger charge is -2.34. The van der Waals surface area contributed by atoms with E-state index in [1.54, 1.807) is 54.6 Å². The molecule has 37 heavy (non-hydrogen) atoms. The molecule has 5 rings (SSSR count). The van der Waals surface area contributed by atoms with Gasteiger partial charge in [0.25, 0.3) is 5.91 Å². The second-order valence-corrected chi connectivity index (χ2v) is 8.96. The molecule has 4 aromatic rings. The van der Waals surface area contributed by atoms with Gasteiger partial charge in [0, 0.05) is 49.1 Å². The van der Waals surface area contributed by atoms with E-state index in [2.05, 4.69) is 32.4 Å². The lowest BCUT2D eigenvalue weighted by atomic mass is 10.1. The highest BCUT2D eigenvalue weighted by Crippen LogP contribution is 2.28. The number of benzene rings is 3. The zero-order chi connectivity index (χ0) is 25.8. The molecular formula is C28H28N6O3. The number of para-hydroxylation sites is 1. The van der Waals surface area contributed by atoms with E-state index in [1.807, 2.05) is 30.3 Å². The highest BCUT2D eigenvalue weighted by atomic mass is 16.4. The van der Waals surface area contributed by atoms with E-state index < -0.39 is 6.09 Å². The topological polar surface area (TPSA) is 105 Å². The van der Waals surface area contributed by atoms with Gasteiger partial charge in [0.05, 0.1) is 17.1 Å². The van der Waals surface area contributed by atoms with Crippen LogP contribution in [0.15, 0.2) is 84.9 Å². The predicted molar refractivity (Wildman–Crippen MR) is 145 cm³/mol. The number of piperazine rings is 1. The molecule has 1 aromatic heterocycles. The Bertz CT molecular complexity index is 1360. The van der Waals surface area contributed by atoms with E-state index in [0.717, 1.165) is 37.4 Å². The molecule has 1 aliphatic rings. The number of carbonyl (C=O) groups excluding carboxylic acids is 1. The van der Waals surface area contributed by atoms with Crippen LogP contribution in [0.5, 0.6) is 0 Å². The molecule has 1 saturated heterocycles. The Morgan fingerprint density at radius 3 is 2.19 bits per heavy atom. The van der Waals surface area contributed by atoms with Gasteiger partial charge in [-0.05, 0) is 55.6 Å². The van der Waals surface area contributed by atoms with Crippen LogP contribution >= 0.6 is 0 Å². The summed E-state index contributed by atoms with van der Waals surface area (Å²) >= 11 is 0. The van der Waals surface area contributed by atoms with Gasteiger partial charge in [-0.1, -0.05) is 30.3 Å². The molecule has 0 radical (unpaired) electrons. The molecule has 0 atom stereocenters. The number of carbonyl (C=O) groups is 2. The van der Waals surface area contributed by atoms with Crippen molar-refractivity contribution in [2.45, 2.75) is 0 Å². The van der Waals surface area contributed by atoms with Crippen LogP contribution in [0.1, 0.15) is 10.4 Å². The van der Waals surface area contributed by atoms with Crippen molar-refractivity contribution in [1.29, 1.82) is 0 Å². The molecule has 2 amide bonds. The Hall–Kier alpha value is -4.63. The standard InChI is InChI=1S/C28H28N6O3/c1-32-15-17-33(18-16-32)22-11-9-21(10-12-22)27(35)29-26-19-25(30-31-26)20-7-13-24(14-8-20)34(28(36)37)23-5-3-2-4-6-23/h2-14,19H,15-18H2,1H3,(H,36,37)(H2,29,30,31,35). The summed E-state index contributed by atoms with van der Waals surface area (Å²) in [6, 6.07) is 25.3. The van der Waals surface area contributed by atoms with Gasteiger partial charge in [-0.15, -0.1) is 0 Å². The largest absolute Gasteiger partial charge is 0.464 e. The number of nitrogens with zero attached hydrogens (tertiary/aromatic N) is 4. The molecule has 1 fully saturated rings. The first-order valence-electron chi connectivity index (χ1n) is 12.1. The number of H-pyrrole nitrogens is 1. The first-order chi connectivity index (χ1) is 18.0. The minimum absolute atomic E-state index is 0.226.